The number of carbonyl (C=O) groups is 2. The number of amides is 2. The van der Waals surface area contributed by atoms with E-state index in [2.05, 4.69) is 9.97 Å². The summed E-state index contributed by atoms with van der Waals surface area (Å²) in [5.41, 5.74) is 5.91. The first-order valence-electron chi connectivity index (χ1n) is 7.13. The van der Waals surface area contributed by atoms with Crippen LogP contribution in [0.2, 0.25) is 0 Å². The molecule has 6 nitrogen and oxygen atoms in total. The number of rotatable bonds is 3. The lowest BCUT2D eigenvalue weighted by Crippen LogP contribution is -2.38. The van der Waals surface area contributed by atoms with Crippen molar-refractivity contribution in [2.45, 2.75) is 25.3 Å². The molecule has 2 aromatic rings. The molecule has 1 saturated heterocycles. The first-order valence-corrected chi connectivity index (χ1v) is 7.95. The normalized spacial score (nSPS) is 18.2. The summed E-state index contributed by atoms with van der Waals surface area (Å²) in [5.74, 6) is -0.505. The molecule has 0 aliphatic carbocycles. The van der Waals surface area contributed by atoms with Gasteiger partial charge in [0, 0.05) is 24.5 Å². The van der Waals surface area contributed by atoms with Gasteiger partial charge in [0.25, 0.3) is 11.8 Å². The van der Waals surface area contributed by atoms with E-state index in [1.54, 1.807) is 24.5 Å². The molecule has 2 aromatic heterocycles. The van der Waals surface area contributed by atoms with E-state index >= 15 is 0 Å². The summed E-state index contributed by atoms with van der Waals surface area (Å²) in [7, 11) is 0. The topological polar surface area (TPSA) is 89.2 Å². The first-order chi connectivity index (χ1) is 10.7. The molecule has 1 atom stereocenters. The van der Waals surface area contributed by atoms with Gasteiger partial charge in [-0.2, -0.15) is 0 Å². The standard InChI is InChI=1S/C15H16N4O2S/c16-13(20)12-9-18-14(22-12)11-3-1-2-8-19(11)15(21)10-4-6-17-7-5-10/h4-7,9,11H,1-3,8H2,(H2,16,20)/t11-/m1/s1. The number of thiazole rings is 1. The molecule has 1 aliphatic rings. The average molecular weight is 316 g/mol. The lowest BCUT2D eigenvalue weighted by atomic mass is 10.0. The van der Waals surface area contributed by atoms with Gasteiger partial charge in [-0.25, -0.2) is 4.98 Å². The van der Waals surface area contributed by atoms with E-state index in [1.807, 2.05) is 4.90 Å². The van der Waals surface area contributed by atoms with Crippen molar-refractivity contribution in [3.63, 3.8) is 0 Å². The monoisotopic (exact) mass is 316 g/mol. The Morgan fingerprint density at radius 3 is 2.73 bits per heavy atom. The van der Waals surface area contributed by atoms with Crippen molar-refractivity contribution in [2.75, 3.05) is 6.54 Å². The predicted octanol–water partition coefficient (Wildman–Crippen LogP) is 2.00. The van der Waals surface area contributed by atoms with Gasteiger partial charge in [0.1, 0.15) is 9.88 Å². The van der Waals surface area contributed by atoms with Crippen LogP contribution in [-0.2, 0) is 0 Å². The van der Waals surface area contributed by atoms with E-state index < -0.39 is 5.91 Å². The van der Waals surface area contributed by atoms with Gasteiger partial charge in [0.15, 0.2) is 0 Å². The number of piperidine rings is 1. The fraction of sp³-hybridized carbons (Fsp3) is 0.333. The van der Waals surface area contributed by atoms with Crippen LogP contribution in [0.5, 0.6) is 0 Å². The zero-order valence-corrected chi connectivity index (χ0v) is 12.8. The SMILES string of the molecule is NC(=O)c1cnc([C@H]2CCCCN2C(=O)c2ccncc2)s1. The number of primary amides is 1. The maximum Gasteiger partial charge on any atom is 0.260 e. The van der Waals surface area contributed by atoms with Crippen LogP contribution in [0.4, 0.5) is 0 Å². The van der Waals surface area contributed by atoms with Gasteiger partial charge in [-0.3, -0.25) is 14.6 Å². The van der Waals surface area contributed by atoms with Crippen molar-refractivity contribution in [3.8, 4) is 0 Å². The van der Waals surface area contributed by atoms with Gasteiger partial charge in [0.05, 0.1) is 12.2 Å². The number of pyridine rings is 1. The highest BCUT2D eigenvalue weighted by Gasteiger charge is 2.31. The first kappa shape index (κ1) is 14.6. The Labute approximate surface area is 132 Å². The van der Waals surface area contributed by atoms with Crippen LogP contribution < -0.4 is 5.73 Å². The Balaban J connectivity index is 1.87. The summed E-state index contributed by atoms with van der Waals surface area (Å²) in [6.07, 6.45) is 7.58. The van der Waals surface area contributed by atoms with Gasteiger partial charge >= 0.3 is 0 Å². The van der Waals surface area contributed by atoms with Gasteiger partial charge in [-0.1, -0.05) is 0 Å². The molecule has 22 heavy (non-hydrogen) atoms. The summed E-state index contributed by atoms with van der Waals surface area (Å²) in [5, 5.41) is 0.774. The highest BCUT2D eigenvalue weighted by molar-refractivity contribution is 7.13. The molecule has 2 amide bonds. The summed E-state index contributed by atoms with van der Waals surface area (Å²) in [4.78, 5) is 34.4. The Kier molecular flexibility index (Phi) is 4.15. The second-order valence-corrected chi connectivity index (χ2v) is 6.24. The number of likely N-dealkylation sites (tertiary alicyclic amines) is 1. The third-order valence-corrected chi connectivity index (χ3v) is 4.86. The number of nitrogens with zero attached hydrogens (tertiary/aromatic N) is 3. The van der Waals surface area contributed by atoms with Crippen molar-refractivity contribution in [1.29, 1.82) is 0 Å². The molecular weight excluding hydrogens is 300 g/mol. The fourth-order valence-corrected chi connectivity index (χ4v) is 3.57. The minimum Gasteiger partial charge on any atom is -0.365 e. The predicted molar refractivity (Wildman–Crippen MR) is 82.5 cm³/mol. The smallest absolute Gasteiger partial charge is 0.260 e. The summed E-state index contributed by atoms with van der Waals surface area (Å²) in [6.45, 7) is 0.692. The van der Waals surface area contributed by atoms with Crippen LogP contribution >= 0.6 is 11.3 Å². The minimum atomic E-state index is -0.480. The van der Waals surface area contributed by atoms with E-state index in [9.17, 15) is 9.59 Å². The average Bonchev–Trinajstić information content (AvgIpc) is 3.05. The van der Waals surface area contributed by atoms with E-state index in [0.29, 0.717) is 17.0 Å². The molecule has 0 aromatic carbocycles. The molecule has 0 bridgehead atoms. The number of nitrogens with two attached hydrogens (primary N) is 1. The molecule has 1 aliphatic heterocycles. The van der Waals surface area contributed by atoms with Crippen molar-refractivity contribution in [1.82, 2.24) is 14.9 Å². The van der Waals surface area contributed by atoms with Gasteiger partial charge in [0.2, 0.25) is 0 Å². The zero-order chi connectivity index (χ0) is 15.5. The zero-order valence-electron chi connectivity index (χ0n) is 11.9. The van der Waals surface area contributed by atoms with Gasteiger partial charge in [-0.15, -0.1) is 11.3 Å². The van der Waals surface area contributed by atoms with Crippen molar-refractivity contribution in [3.05, 3.63) is 46.2 Å². The van der Waals surface area contributed by atoms with Gasteiger partial charge in [-0.05, 0) is 31.4 Å². The Hall–Kier alpha value is -2.28. The second kappa shape index (κ2) is 6.23. The largest absolute Gasteiger partial charge is 0.365 e. The lowest BCUT2D eigenvalue weighted by Gasteiger charge is -2.34. The van der Waals surface area contributed by atoms with Crippen LogP contribution in [0.25, 0.3) is 0 Å². The van der Waals surface area contributed by atoms with Crippen molar-refractivity contribution >= 4 is 23.2 Å². The van der Waals surface area contributed by atoms with E-state index in [0.717, 1.165) is 24.3 Å². The molecule has 3 rings (SSSR count). The Morgan fingerprint density at radius 2 is 2.05 bits per heavy atom. The minimum absolute atomic E-state index is 0.0251. The van der Waals surface area contributed by atoms with Crippen LogP contribution in [0, 0.1) is 0 Å². The molecule has 2 N–H and O–H groups in total. The summed E-state index contributed by atoms with van der Waals surface area (Å²) >= 11 is 1.27. The number of hydrogen-bond donors (Lipinski definition) is 1. The highest BCUT2D eigenvalue weighted by atomic mass is 32.1. The molecule has 0 spiro atoms. The molecule has 0 unspecified atom stereocenters. The lowest BCUT2D eigenvalue weighted by molar-refractivity contribution is 0.0611. The van der Waals surface area contributed by atoms with Crippen molar-refractivity contribution in [2.24, 2.45) is 5.73 Å². The van der Waals surface area contributed by atoms with Crippen LogP contribution in [0.3, 0.4) is 0 Å². The third kappa shape index (κ3) is 2.85. The molecule has 0 radical (unpaired) electrons. The molecule has 1 fully saturated rings. The van der Waals surface area contributed by atoms with Crippen LogP contribution in [-0.4, -0.2) is 33.2 Å². The molecule has 114 valence electrons. The maximum atomic E-state index is 12.7. The van der Waals surface area contributed by atoms with Crippen LogP contribution in [0.15, 0.2) is 30.7 Å². The van der Waals surface area contributed by atoms with E-state index in [4.69, 9.17) is 5.73 Å². The van der Waals surface area contributed by atoms with Crippen molar-refractivity contribution < 1.29 is 9.59 Å². The molecule has 0 saturated carbocycles. The quantitative estimate of drug-likeness (QED) is 0.938. The third-order valence-electron chi connectivity index (χ3n) is 3.74. The molecular formula is C15H16N4O2S. The van der Waals surface area contributed by atoms with E-state index in [1.165, 1.54) is 17.5 Å². The van der Waals surface area contributed by atoms with Gasteiger partial charge < -0.3 is 10.6 Å². The second-order valence-electron chi connectivity index (χ2n) is 5.17. The summed E-state index contributed by atoms with van der Waals surface area (Å²) < 4.78 is 0. The number of aromatic nitrogens is 2. The fourth-order valence-electron chi connectivity index (χ4n) is 2.65. The van der Waals surface area contributed by atoms with E-state index in [-0.39, 0.29) is 11.9 Å². The molecule has 7 heteroatoms. The Morgan fingerprint density at radius 1 is 1.27 bits per heavy atom. The van der Waals surface area contributed by atoms with Crippen LogP contribution in [0.1, 0.15) is 50.3 Å². The highest BCUT2D eigenvalue weighted by Crippen LogP contribution is 2.34. The number of carbonyl (C=O) groups excluding carboxylic acids is 2. The molecule has 3 heterocycles. The Bertz CT molecular complexity index is 686. The summed E-state index contributed by atoms with van der Waals surface area (Å²) in [6, 6.07) is 3.34. The number of hydrogen-bond acceptors (Lipinski definition) is 5. The maximum absolute atomic E-state index is 12.7.